The molecule has 32 heavy (non-hydrogen) atoms. The monoisotopic (exact) mass is 423 g/mol. The molecule has 0 unspecified atom stereocenters. The second-order valence-electron chi connectivity index (χ2n) is 8.35. The summed E-state index contributed by atoms with van der Waals surface area (Å²) in [6.45, 7) is 6.81. The Hall–Kier alpha value is -3.80. The van der Waals surface area contributed by atoms with Gasteiger partial charge >= 0.3 is 0 Å². The predicted octanol–water partition coefficient (Wildman–Crippen LogP) is 5.31. The number of rotatable bonds is 5. The number of carbonyl (C=O) groups is 1. The van der Waals surface area contributed by atoms with Gasteiger partial charge in [0.15, 0.2) is 5.82 Å². The normalized spacial score (nSPS) is 13.1. The first-order valence-corrected chi connectivity index (χ1v) is 11.0. The zero-order valence-electron chi connectivity index (χ0n) is 18.5. The van der Waals surface area contributed by atoms with Crippen LogP contribution in [0.3, 0.4) is 0 Å². The van der Waals surface area contributed by atoms with E-state index in [0.29, 0.717) is 23.9 Å². The van der Waals surface area contributed by atoms with Crippen molar-refractivity contribution in [1.82, 2.24) is 19.7 Å². The lowest BCUT2D eigenvalue weighted by atomic mass is 9.98. The lowest BCUT2D eigenvalue weighted by Gasteiger charge is -2.16. The number of hydrogen-bond acceptors (Lipinski definition) is 4. The van der Waals surface area contributed by atoms with Crippen molar-refractivity contribution in [2.24, 2.45) is 0 Å². The van der Waals surface area contributed by atoms with Gasteiger partial charge in [-0.2, -0.15) is 0 Å². The van der Waals surface area contributed by atoms with Crippen molar-refractivity contribution in [2.45, 2.75) is 39.8 Å². The Kier molecular flexibility index (Phi) is 5.05. The van der Waals surface area contributed by atoms with E-state index in [1.807, 2.05) is 28.8 Å². The Morgan fingerprint density at radius 2 is 1.81 bits per heavy atom. The van der Waals surface area contributed by atoms with E-state index in [9.17, 15) is 4.79 Å². The maximum atomic E-state index is 13.3. The number of aromatic nitrogens is 4. The number of aryl methyl sites for hydroxylation is 1. The molecule has 0 N–H and O–H groups in total. The molecule has 2 aromatic heterocycles. The fourth-order valence-electron chi connectivity index (χ4n) is 4.14. The lowest BCUT2D eigenvalue weighted by molar-refractivity contribution is 0.0996. The quantitative estimate of drug-likeness (QED) is 0.436. The molecule has 0 atom stereocenters. The first-order valence-electron chi connectivity index (χ1n) is 11.0. The van der Waals surface area contributed by atoms with Gasteiger partial charge in [-0.15, -0.1) is 10.2 Å². The molecule has 0 radical (unpaired) electrons. The van der Waals surface area contributed by atoms with E-state index in [4.69, 9.17) is 4.98 Å². The molecule has 0 bridgehead atoms. The van der Waals surface area contributed by atoms with E-state index in [1.165, 1.54) is 5.56 Å². The summed E-state index contributed by atoms with van der Waals surface area (Å²) in [6, 6.07) is 20.5. The lowest BCUT2D eigenvalue weighted by Crippen LogP contribution is -2.24. The molecule has 0 fully saturated rings. The van der Waals surface area contributed by atoms with Crippen molar-refractivity contribution in [2.75, 3.05) is 4.90 Å². The van der Waals surface area contributed by atoms with Gasteiger partial charge in [0.25, 0.3) is 5.91 Å². The minimum atomic E-state index is -0.0246. The third-order valence-corrected chi connectivity index (χ3v) is 5.95. The number of anilines is 1. The van der Waals surface area contributed by atoms with Crippen LogP contribution in [-0.4, -0.2) is 25.7 Å². The van der Waals surface area contributed by atoms with Gasteiger partial charge in [0.05, 0.1) is 6.54 Å². The van der Waals surface area contributed by atoms with Gasteiger partial charge in [-0.1, -0.05) is 49.4 Å². The third kappa shape index (κ3) is 3.47. The Morgan fingerprint density at radius 1 is 1.00 bits per heavy atom. The average Bonchev–Trinajstić information content (AvgIpc) is 3.44. The fraction of sp³-hybridized carbons (Fsp3) is 0.231. The number of benzene rings is 2. The highest BCUT2D eigenvalue weighted by Gasteiger charge is 2.30. The summed E-state index contributed by atoms with van der Waals surface area (Å²) in [5.74, 6) is 1.30. The number of hydrogen-bond donors (Lipinski definition) is 0. The smallest absolute Gasteiger partial charge is 0.260 e. The second kappa shape index (κ2) is 8.04. The van der Waals surface area contributed by atoms with E-state index < -0.39 is 0 Å². The molecule has 0 saturated heterocycles. The zero-order chi connectivity index (χ0) is 22.2. The van der Waals surface area contributed by atoms with Crippen molar-refractivity contribution >= 4 is 11.7 Å². The van der Waals surface area contributed by atoms with Crippen LogP contribution in [0.2, 0.25) is 0 Å². The van der Waals surface area contributed by atoms with Crippen LogP contribution < -0.4 is 4.90 Å². The van der Waals surface area contributed by atoms with Crippen LogP contribution >= 0.6 is 0 Å². The molecule has 1 aliphatic rings. The zero-order valence-corrected chi connectivity index (χ0v) is 18.5. The van der Waals surface area contributed by atoms with E-state index in [0.717, 1.165) is 28.7 Å². The fourth-order valence-corrected chi connectivity index (χ4v) is 4.14. The number of carbonyl (C=O) groups excluding carboxylic acids is 1. The highest BCUT2D eigenvalue weighted by molar-refractivity contribution is 6.10. The molecule has 1 amide bonds. The van der Waals surface area contributed by atoms with Crippen molar-refractivity contribution in [3.63, 3.8) is 0 Å². The van der Waals surface area contributed by atoms with Gasteiger partial charge < -0.3 is 4.57 Å². The van der Waals surface area contributed by atoms with Crippen LogP contribution in [0.1, 0.15) is 48.3 Å². The van der Waals surface area contributed by atoms with Gasteiger partial charge in [-0.05, 0) is 60.7 Å². The average molecular weight is 424 g/mol. The molecule has 3 heterocycles. The molecule has 0 aliphatic carbocycles. The maximum Gasteiger partial charge on any atom is 0.260 e. The molecule has 6 nitrogen and oxygen atoms in total. The molecule has 0 spiro atoms. The highest BCUT2D eigenvalue weighted by Crippen LogP contribution is 2.32. The minimum absolute atomic E-state index is 0.0246. The number of nitrogens with zero attached hydrogens (tertiary/aromatic N) is 5. The van der Waals surface area contributed by atoms with Gasteiger partial charge in [0.1, 0.15) is 17.8 Å². The molecule has 2 aromatic carbocycles. The molecular weight excluding hydrogens is 398 g/mol. The Morgan fingerprint density at radius 3 is 2.62 bits per heavy atom. The third-order valence-electron chi connectivity index (χ3n) is 5.95. The van der Waals surface area contributed by atoms with Crippen LogP contribution in [0.5, 0.6) is 0 Å². The summed E-state index contributed by atoms with van der Waals surface area (Å²) in [6.07, 6.45) is 2.69. The summed E-state index contributed by atoms with van der Waals surface area (Å²) in [4.78, 5) is 19.8. The summed E-state index contributed by atoms with van der Waals surface area (Å²) in [5, 5.41) is 8.28. The van der Waals surface area contributed by atoms with Gasteiger partial charge in [0.2, 0.25) is 0 Å². The van der Waals surface area contributed by atoms with E-state index >= 15 is 0 Å². The summed E-state index contributed by atoms with van der Waals surface area (Å²) >= 11 is 0. The van der Waals surface area contributed by atoms with Crippen molar-refractivity contribution in [3.05, 3.63) is 83.7 Å². The summed E-state index contributed by atoms with van der Waals surface area (Å²) < 4.78 is 1.98. The van der Waals surface area contributed by atoms with Crippen molar-refractivity contribution in [1.29, 1.82) is 0 Å². The van der Waals surface area contributed by atoms with Gasteiger partial charge in [-0.25, -0.2) is 4.98 Å². The summed E-state index contributed by atoms with van der Waals surface area (Å²) in [7, 11) is 0. The molecule has 0 saturated carbocycles. The van der Waals surface area contributed by atoms with Crippen molar-refractivity contribution < 1.29 is 4.79 Å². The van der Waals surface area contributed by atoms with E-state index in [-0.39, 0.29) is 11.9 Å². The molecule has 1 aliphatic heterocycles. The van der Waals surface area contributed by atoms with Crippen LogP contribution in [0, 0.1) is 0 Å². The van der Waals surface area contributed by atoms with E-state index in [2.05, 4.69) is 67.4 Å². The number of fused-ring (bicyclic) bond motifs is 1. The standard InChI is InChI=1S/C26H25N5O/c1-4-18-7-5-8-19(13-18)20-11-12-21-15-30(26(32)22(21)14-20)24-10-6-9-23(28-24)25-29-27-16-31(25)17(2)3/h5-14,16-17H,4,15H2,1-3H3. The SMILES string of the molecule is CCc1cccc(-c2ccc3c(c2)C(=O)N(c2cccc(-c4nncn4C(C)C)n2)C3)c1. The molecular formula is C26H25N5O. The van der Waals surface area contributed by atoms with Crippen LogP contribution in [-0.2, 0) is 13.0 Å². The Balaban J connectivity index is 1.47. The highest BCUT2D eigenvalue weighted by atomic mass is 16.2. The van der Waals surface area contributed by atoms with Crippen molar-refractivity contribution in [3.8, 4) is 22.6 Å². The maximum absolute atomic E-state index is 13.3. The molecule has 6 heteroatoms. The molecule has 160 valence electrons. The Labute approximate surface area is 187 Å². The molecule has 5 rings (SSSR count). The molecule has 4 aromatic rings. The van der Waals surface area contributed by atoms with Gasteiger partial charge in [0, 0.05) is 11.6 Å². The predicted molar refractivity (Wildman–Crippen MR) is 125 cm³/mol. The van der Waals surface area contributed by atoms with Crippen LogP contribution in [0.4, 0.5) is 5.82 Å². The van der Waals surface area contributed by atoms with Crippen LogP contribution in [0.15, 0.2) is 67.0 Å². The second-order valence-corrected chi connectivity index (χ2v) is 8.35. The van der Waals surface area contributed by atoms with Gasteiger partial charge in [-0.3, -0.25) is 9.69 Å². The minimum Gasteiger partial charge on any atom is -0.310 e. The first-order chi connectivity index (χ1) is 15.5. The van der Waals surface area contributed by atoms with E-state index in [1.54, 1.807) is 11.2 Å². The summed E-state index contributed by atoms with van der Waals surface area (Å²) in [5.41, 5.74) is 5.93. The number of amides is 1. The van der Waals surface area contributed by atoms with Crippen LogP contribution in [0.25, 0.3) is 22.6 Å². The topological polar surface area (TPSA) is 63.9 Å². The largest absolute Gasteiger partial charge is 0.310 e. The number of pyridine rings is 1. The first kappa shape index (κ1) is 20.1. The Bertz CT molecular complexity index is 1310.